The van der Waals surface area contributed by atoms with Gasteiger partial charge in [-0.05, 0) is 37.0 Å². The average Bonchev–Trinajstić information content (AvgIpc) is 2.43. The molecule has 0 spiro atoms. The fraction of sp³-hybridized carbons (Fsp3) is 0.875. The van der Waals surface area contributed by atoms with Gasteiger partial charge in [-0.1, -0.05) is 20.8 Å². The summed E-state index contributed by atoms with van der Waals surface area (Å²) in [6, 6.07) is -0.939. The van der Waals surface area contributed by atoms with Gasteiger partial charge in [0.15, 0.2) is 0 Å². The molecule has 3 saturated heterocycles. The quantitative estimate of drug-likeness (QED) is 0.725. The van der Waals surface area contributed by atoms with Gasteiger partial charge >= 0.3 is 0 Å². The van der Waals surface area contributed by atoms with Gasteiger partial charge in [0.2, 0.25) is 11.8 Å². The summed E-state index contributed by atoms with van der Waals surface area (Å²) in [7, 11) is 0. The van der Waals surface area contributed by atoms with Crippen molar-refractivity contribution in [1.82, 2.24) is 9.80 Å². The molecule has 2 amide bonds. The average molecular weight is 294 g/mol. The third-order valence-corrected chi connectivity index (χ3v) is 5.53. The van der Waals surface area contributed by atoms with Crippen LogP contribution in [0.3, 0.4) is 0 Å². The first-order valence-corrected chi connectivity index (χ1v) is 8.09. The zero-order valence-electron chi connectivity index (χ0n) is 13.2. The molecule has 4 unspecified atom stereocenters. The van der Waals surface area contributed by atoms with Crippen molar-refractivity contribution in [2.75, 3.05) is 13.1 Å². The standard InChI is InChI=1S/C16H26N2O3/c1-16(2,3)10-6-8-17-11(9-10)14(20)18-7-4-5-12(19)13(18)15(17)21/h10-13,19H,4-9H2,1-3H3. The Morgan fingerprint density at radius 1 is 1.05 bits per heavy atom. The second-order valence-electron chi connectivity index (χ2n) is 7.82. The molecule has 3 aliphatic heterocycles. The summed E-state index contributed by atoms with van der Waals surface area (Å²) in [4.78, 5) is 28.8. The Hall–Kier alpha value is -1.10. The largest absolute Gasteiger partial charge is 0.390 e. The number of amides is 2. The summed E-state index contributed by atoms with van der Waals surface area (Å²) < 4.78 is 0. The van der Waals surface area contributed by atoms with Gasteiger partial charge in [0.25, 0.3) is 0 Å². The minimum absolute atomic E-state index is 0.0424. The molecule has 0 saturated carbocycles. The van der Waals surface area contributed by atoms with E-state index in [0.717, 1.165) is 19.3 Å². The number of piperazine rings is 1. The monoisotopic (exact) mass is 294 g/mol. The van der Waals surface area contributed by atoms with Crippen LogP contribution in [-0.4, -0.2) is 58.0 Å². The number of carbonyl (C=O) groups is 2. The third-order valence-electron chi connectivity index (χ3n) is 5.53. The van der Waals surface area contributed by atoms with E-state index in [1.54, 1.807) is 9.80 Å². The number of aliphatic hydroxyl groups excluding tert-OH is 1. The molecular weight excluding hydrogens is 268 g/mol. The van der Waals surface area contributed by atoms with E-state index in [0.29, 0.717) is 25.4 Å². The number of carbonyl (C=O) groups excluding carboxylic acids is 2. The van der Waals surface area contributed by atoms with Crippen molar-refractivity contribution in [2.45, 2.75) is 64.6 Å². The van der Waals surface area contributed by atoms with Gasteiger partial charge in [0.1, 0.15) is 12.1 Å². The first kappa shape index (κ1) is 14.8. The number of aliphatic hydroxyl groups is 1. The first-order valence-electron chi connectivity index (χ1n) is 8.09. The second kappa shape index (κ2) is 4.97. The molecule has 0 aliphatic carbocycles. The fourth-order valence-corrected chi connectivity index (χ4v) is 4.13. The number of fused-ring (bicyclic) bond motifs is 2. The third kappa shape index (κ3) is 2.35. The highest BCUT2D eigenvalue weighted by Crippen LogP contribution is 2.40. The Bertz CT molecular complexity index is 457. The van der Waals surface area contributed by atoms with Crippen LogP contribution in [0.15, 0.2) is 0 Å². The topological polar surface area (TPSA) is 60.9 Å². The minimum atomic E-state index is -0.698. The van der Waals surface area contributed by atoms with Crippen molar-refractivity contribution in [2.24, 2.45) is 11.3 Å². The second-order valence-corrected chi connectivity index (χ2v) is 7.82. The highest BCUT2D eigenvalue weighted by Gasteiger charge is 2.52. The molecule has 0 aromatic rings. The molecule has 21 heavy (non-hydrogen) atoms. The number of hydrogen-bond acceptors (Lipinski definition) is 3. The SMILES string of the molecule is CC(C)(C)C1CCN2C(=O)C3C(O)CCCN3C(=O)C2C1. The van der Waals surface area contributed by atoms with Gasteiger partial charge in [0.05, 0.1) is 6.10 Å². The van der Waals surface area contributed by atoms with Crippen molar-refractivity contribution < 1.29 is 14.7 Å². The van der Waals surface area contributed by atoms with Crippen LogP contribution in [0.1, 0.15) is 46.5 Å². The van der Waals surface area contributed by atoms with E-state index in [2.05, 4.69) is 20.8 Å². The molecule has 0 aromatic carbocycles. The predicted molar refractivity (Wildman–Crippen MR) is 78.4 cm³/mol. The normalized spacial score (nSPS) is 37.3. The molecule has 1 N–H and O–H groups in total. The summed E-state index contributed by atoms with van der Waals surface area (Å²) in [5.41, 5.74) is 0.160. The van der Waals surface area contributed by atoms with Crippen LogP contribution >= 0.6 is 0 Å². The van der Waals surface area contributed by atoms with E-state index >= 15 is 0 Å². The van der Waals surface area contributed by atoms with E-state index in [4.69, 9.17) is 0 Å². The van der Waals surface area contributed by atoms with Crippen molar-refractivity contribution in [3.63, 3.8) is 0 Å². The van der Waals surface area contributed by atoms with Crippen molar-refractivity contribution in [3.8, 4) is 0 Å². The number of rotatable bonds is 0. The van der Waals surface area contributed by atoms with Crippen LogP contribution in [0.4, 0.5) is 0 Å². The number of nitrogens with zero attached hydrogens (tertiary/aromatic N) is 2. The Morgan fingerprint density at radius 3 is 2.43 bits per heavy atom. The maximum atomic E-state index is 12.8. The zero-order chi connectivity index (χ0) is 15.4. The number of hydrogen-bond donors (Lipinski definition) is 1. The smallest absolute Gasteiger partial charge is 0.248 e. The Balaban J connectivity index is 1.85. The van der Waals surface area contributed by atoms with Crippen molar-refractivity contribution in [1.29, 1.82) is 0 Å². The van der Waals surface area contributed by atoms with E-state index in [-0.39, 0.29) is 23.3 Å². The minimum Gasteiger partial charge on any atom is -0.390 e. The van der Waals surface area contributed by atoms with E-state index in [9.17, 15) is 14.7 Å². The Labute approximate surface area is 126 Å². The van der Waals surface area contributed by atoms with Gasteiger partial charge in [-0.25, -0.2) is 0 Å². The Kier molecular flexibility index (Phi) is 3.51. The molecule has 4 atom stereocenters. The lowest BCUT2D eigenvalue weighted by molar-refractivity contribution is -0.174. The van der Waals surface area contributed by atoms with Gasteiger partial charge in [-0.2, -0.15) is 0 Å². The lowest BCUT2D eigenvalue weighted by Crippen LogP contribution is -2.70. The van der Waals surface area contributed by atoms with Crippen LogP contribution in [0.25, 0.3) is 0 Å². The first-order chi connectivity index (χ1) is 9.80. The van der Waals surface area contributed by atoms with Gasteiger partial charge in [-0.3, -0.25) is 9.59 Å². The molecule has 0 radical (unpaired) electrons. The molecule has 5 heteroatoms. The lowest BCUT2D eigenvalue weighted by Gasteiger charge is -2.52. The molecule has 118 valence electrons. The summed E-state index contributed by atoms with van der Waals surface area (Å²) in [5.74, 6) is 0.466. The summed E-state index contributed by atoms with van der Waals surface area (Å²) >= 11 is 0. The number of piperidine rings is 2. The molecule has 3 rings (SSSR count). The molecule has 5 nitrogen and oxygen atoms in total. The molecule has 3 fully saturated rings. The van der Waals surface area contributed by atoms with Crippen LogP contribution in [-0.2, 0) is 9.59 Å². The highest BCUT2D eigenvalue weighted by molar-refractivity contribution is 5.97. The molecule has 0 bridgehead atoms. The molecular formula is C16H26N2O3. The van der Waals surface area contributed by atoms with E-state index in [1.807, 2.05) is 0 Å². The summed E-state index contributed by atoms with van der Waals surface area (Å²) in [6.45, 7) is 7.87. The van der Waals surface area contributed by atoms with Crippen molar-refractivity contribution >= 4 is 11.8 Å². The van der Waals surface area contributed by atoms with Crippen LogP contribution in [0, 0.1) is 11.3 Å². The maximum absolute atomic E-state index is 12.8. The van der Waals surface area contributed by atoms with Gasteiger partial charge in [0, 0.05) is 13.1 Å². The van der Waals surface area contributed by atoms with Crippen LogP contribution in [0.2, 0.25) is 0 Å². The summed E-state index contributed by atoms with van der Waals surface area (Å²) in [5, 5.41) is 10.1. The zero-order valence-corrected chi connectivity index (χ0v) is 13.2. The molecule has 3 aliphatic rings. The van der Waals surface area contributed by atoms with E-state index in [1.165, 1.54) is 0 Å². The molecule has 0 aromatic heterocycles. The van der Waals surface area contributed by atoms with Gasteiger partial charge < -0.3 is 14.9 Å². The van der Waals surface area contributed by atoms with Crippen LogP contribution in [0.5, 0.6) is 0 Å². The van der Waals surface area contributed by atoms with Gasteiger partial charge in [-0.15, -0.1) is 0 Å². The maximum Gasteiger partial charge on any atom is 0.248 e. The van der Waals surface area contributed by atoms with Crippen molar-refractivity contribution in [3.05, 3.63) is 0 Å². The highest BCUT2D eigenvalue weighted by atomic mass is 16.3. The summed E-state index contributed by atoms with van der Waals surface area (Å²) in [6.07, 6.45) is 2.40. The lowest BCUT2D eigenvalue weighted by atomic mass is 9.72. The van der Waals surface area contributed by atoms with E-state index < -0.39 is 12.1 Å². The fourth-order valence-electron chi connectivity index (χ4n) is 4.13. The predicted octanol–water partition coefficient (Wildman–Crippen LogP) is 1.01. The molecule has 3 heterocycles. The van der Waals surface area contributed by atoms with Crippen LogP contribution < -0.4 is 0 Å². The Morgan fingerprint density at radius 2 is 1.76 bits per heavy atom.